The molecule has 0 unspecified atom stereocenters. The molecule has 1 heterocycles. The van der Waals surface area contributed by atoms with E-state index in [1.807, 2.05) is 19.1 Å². The molecule has 2 atom stereocenters. The third kappa shape index (κ3) is 6.04. The van der Waals surface area contributed by atoms with E-state index in [0.29, 0.717) is 18.6 Å². The molecule has 0 amide bonds. The van der Waals surface area contributed by atoms with Crippen LogP contribution in [0.5, 0.6) is 5.75 Å². The van der Waals surface area contributed by atoms with Crippen molar-refractivity contribution < 1.29 is 4.74 Å². The van der Waals surface area contributed by atoms with Gasteiger partial charge in [-0.05, 0) is 98.6 Å². The average molecular weight is 480 g/mol. The first-order valence-electron chi connectivity index (χ1n) is 13.3. The average Bonchev–Trinajstić information content (AvgIpc) is 2.85. The predicted molar refractivity (Wildman–Crippen MR) is 148 cm³/mol. The SMILES string of the molecule is CCCN1CCCc2cc(CN(C(=S)Nc3ccc(OCC)cc3)[C@H]3CCCC[C@@H]3C)ccc21. The predicted octanol–water partition coefficient (Wildman–Crippen LogP) is 7.03. The smallest absolute Gasteiger partial charge is 0.173 e. The third-order valence-corrected chi connectivity index (χ3v) is 7.69. The van der Waals surface area contributed by atoms with Crippen molar-refractivity contribution in [2.75, 3.05) is 29.9 Å². The Balaban J connectivity index is 1.53. The third-order valence-electron chi connectivity index (χ3n) is 7.35. The summed E-state index contributed by atoms with van der Waals surface area (Å²) in [5.41, 5.74) is 5.32. The number of nitrogens with one attached hydrogen (secondary N) is 1. The summed E-state index contributed by atoms with van der Waals surface area (Å²) in [6.07, 6.45) is 8.73. The molecule has 1 aliphatic carbocycles. The Hall–Kier alpha value is -2.27. The largest absolute Gasteiger partial charge is 0.494 e. The van der Waals surface area contributed by atoms with Crippen LogP contribution < -0.4 is 15.0 Å². The molecule has 5 heteroatoms. The summed E-state index contributed by atoms with van der Waals surface area (Å²) in [5, 5.41) is 4.36. The quantitative estimate of drug-likeness (QED) is 0.411. The van der Waals surface area contributed by atoms with E-state index in [4.69, 9.17) is 17.0 Å². The Labute approximate surface area is 211 Å². The molecule has 2 aromatic rings. The number of hydrogen-bond acceptors (Lipinski definition) is 3. The van der Waals surface area contributed by atoms with E-state index < -0.39 is 0 Å². The van der Waals surface area contributed by atoms with Crippen molar-refractivity contribution in [2.24, 2.45) is 5.92 Å². The number of anilines is 2. The molecule has 1 N–H and O–H groups in total. The maximum atomic E-state index is 6.02. The number of aryl methyl sites for hydroxylation is 1. The van der Waals surface area contributed by atoms with Gasteiger partial charge in [-0.15, -0.1) is 0 Å². The van der Waals surface area contributed by atoms with Gasteiger partial charge in [0.1, 0.15) is 5.75 Å². The van der Waals surface area contributed by atoms with E-state index in [0.717, 1.165) is 29.6 Å². The van der Waals surface area contributed by atoms with Crippen LogP contribution in [-0.4, -0.2) is 35.8 Å². The fourth-order valence-electron chi connectivity index (χ4n) is 5.62. The van der Waals surface area contributed by atoms with Gasteiger partial charge in [-0.2, -0.15) is 0 Å². The number of hydrogen-bond donors (Lipinski definition) is 1. The van der Waals surface area contributed by atoms with Crippen LogP contribution in [0.1, 0.15) is 70.4 Å². The van der Waals surface area contributed by atoms with Gasteiger partial charge < -0.3 is 19.9 Å². The number of thiocarbonyl (C=S) groups is 1. The lowest BCUT2D eigenvalue weighted by Crippen LogP contribution is -2.46. The van der Waals surface area contributed by atoms with E-state index >= 15 is 0 Å². The molecular formula is C29H41N3OS. The summed E-state index contributed by atoms with van der Waals surface area (Å²) >= 11 is 6.02. The maximum Gasteiger partial charge on any atom is 0.173 e. The van der Waals surface area contributed by atoms with Crippen molar-refractivity contribution in [2.45, 2.75) is 78.3 Å². The van der Waals surface area contributed by atoms with E-state index in [1.54, 1.807) is 0 Å². The summed E-state index contributed by atoms with van der Waals surface area (Å²) in [6, 6.07) is 15.7. The molecule has 0 spiro atoms. The van der Waals surface area contributed by atoms with Gasteiger partial charge in [0, 0.05) is 37.1 Å². The highest BCUT2D eigenvalue weighted by Gasteiger charge is 2.29. The van der Waals surface area contributed by atoms with Gasteiger partial charge in [0.25, 0.3) is 0 Å². The summed E-state index contributed by atoms with van der Waals surface area (Å²) in [4.78, 5) is 5.02. The first-order valence-corrected chi connectivity index (χ1v) is 13.7. The molecule has 2 aromatic carbocycles. The zero-order valence-electron chi connectivity index (χ0n) is 21.2. The molecule has 0 radical (unpaired) electrons. The highest BCUT2D eigenvalue weighted by atomic mass is 32.1. The van der Waals surface area contributed by atoms with Crippen LogP contribution in [0.25, 0.3) is 0 Å². The van der Waals surface area contributed by atoms with Crippen molar-refractivity contribution >= 4 is 28.7 Å². The van der Waals surface area contributed by atoms with Crippen molar-refractivity contribution in [1.82, 2.24) is 4.90 Å². The molecule has 1 fully saturated rings. The van der Waals surface area contributed by atoms with E-state index in [1.165, 1.54) is 68.3 Å². The molecule has 1 saturated carbocycles. The van der Waals surface area contributed by atoms with Gasteiger partial charge in [0.2, 0.25) is 0 Å². The first-order chi connectivity index (χ1) is 16.6. The maximum absolute atomic E-state index is 6.02. The molecule has 184 valence electrons. The Morgan fingerprint density at radius 1 is 1.09 bits per heavy atom. The Bertz CT molecular complexity index is 945. The summed E-state index contributed by atoms with van der Waals surface area (Å²) < 4.78 is 5.60. The fraction of sp³-hybridized carbons (Fsp3) is 0.552. The minimum absolute atomic E-state index is 0.476. The van der Waals surface area contributed by atoms with Gasteiger partial charge in [0.05, 0.1) is 6.61 Å². The molecule has 0 saturated heterocycles. The normalized spacial score (nSPS) is 19.9. The molecule has 4 nitrogen and oxygen atoms in total. The molecule has 4 rings (SSSR count). The molecular weight excluding hydrogens is 438 g/mol. The second-order valence-electron chi connectivity index (χ2n) is 9.90. The highest BCUT2D eigenvalue weighted by molar-refractivity contribution is 7.80. The van der Waals surface area contributed by atoms with Gasteiger partial charge >= 0.3 is 0 Å². The zero-order valence-corrected chi connectivity index (χ0v) is 22.0. The second-order valence-corrected chi connectivity index (χ2v) is 10.3. The van der Waals surface area contributed by atoms with Crippen LogP contribution in [0.3, 0.4) is 0 Å². The Kier molecular flexibility index (Phi) is 8.71. The van der Waals surface area contributed by atoms with Crippen molar-refractivity contribution in [3.63, 3.8) is 0 Å². The molecule has 1 aliphatic heterocycles. The summed E-state index contributed by atoms with van der Waals surface area (Å²) in [5.74, 6) is 1.54. The molecule has 0 aromatic heterocycles. The van der Waals surface area contributed by atoms with Crippen molar-refractivity contribution in [3.05, 3.63) is 53.6 Å². The molecule has 0 bridgehead atoms. The van der Waals surface area contributed by atoms with Gasteiger partial charge in [-0.25, -0.2) is 0 Å². The second kappa shape index (κ2) is 11.9. The van der Waals surface area contributed by atoms with Crippen LogP contribution in [0, 0.1) is 5.92 Å². The van der Waals surface area contributed by atoms with Crippen LogP contribution in [0.4, 0.5) is 11.4 Å². The minimum Gasteiger partial charge on any atom is -0.494 e. The summed E-state index contributed by atoms with van der Waals surface area (Å²) in [7, 11) is 0. The Morgan fingerprint density at radius 3 is 2.62 bits per heavy atom. The molecule has 34 heavy (non-hydrogen) atoms. The van der Waals surface area contributed by atoms with Crippen LogP contribution in [0.15, 0.2) is 42.5 Å². The standard InChI is InChI=1S/C29H41N3OS/c1-4-18-31-19-8-10-24-20-23(12-17-28(24)31)21-32(27-11-7-6-9-22(27)3)29(34)30-25-13-15-26(16-14-25)33-5-2/h12-17,20,22,27H,4-11,18-19,21H2,1-3H3,(H,30,34)/t22-,27-/m0/s1. The van der Waals surface area contributed by atoms with Crippen molar-refractivity contribution in [3.8, 4) is 5.75 Å². The van der Waals surface area contributed by atoms with Crippen LogP contribution in [-0.2, 0) is 13.0 Å². The van der Waals surface area contributed by atoms with Crippen molar-refractivity contribution in [1.29, 1.82) is 0 Å². The lowest BCUT2D eigenvalue weighted by atomic mass is 9.84. The highest BCUT2D eigenvalue weighted by Crippen LogP contribution is 2.32. The minimum atomic E-state index is 0.476. The van der Waals surface area contributed by atoms with E-state index in [9.17, 15) is 0 Å². The summed E-state index contributed by atoms with van der Waals surface area (Å²) in [6.45, 7) is 10.5. The number of rotatable bonds is 8. The first kappa shape index (κ1) is 24.8. The van der Waals surface area contributed by atoms with Gasteiger partial charge in [-0.1, -0.05) is 38.8 Å². The van der Waals surface area contributed by atoms with Crippen LogP contribution >= 0.6 is 12.2 Å². The van der Waals surface area contributed by atoms with Crippen LogP contribution in [0.2, 0.25) is 0 Å². The molecule has 2 aliphatic rings. The lowest BCUT2D eigenvalue weighted by Gasteiger charge is -2.40. The monoisotopic (exact) mass is 479 g/mol. The topological polar surface area (TPSA) is 27.7 Å². The zero-order chi connectivity index (χ0) is 23.9. The Morgan fingerprint density at radius 2 is 1.88 bits per heavy atom. The van der Waals surface area contributed by atoms with E-state index in [2.05, 4.69) is 59.3 Å². The number of fused-ring (bicyclic) bond motifs is 1. The van der Waals surface area contributed by atoms with Gasteiger partial charge in [0.15, 0.2) is 5.11 Å². The van der Waals surface area contributed by atoms with Gasteiger partial charge in [-0.3, -0.25) is 0 Å². The number of nitrogens with zero attached hydrogens (tertiary/aromatic N) is 2. The fourth-order valence-corrected chi connectivity index (χ4v) is 5.94. The lowest BCUT2D eigenvalue weighted by molar-refractivity contribution is 0.177. The van der Waals surface area contributed by atoms with E-state index in [-0.39, 0.29) is 0 Å². The number of benzene rings is 2. The number of ether oxygens (including phenoxy) is 1.